The topological polar surface area (TPSA) is 101 Å². The lowest BCUT2D eigenvalue weighted by atomic mass is 10.2. The Kier molecular flexibility index (Phi) is 4.26. The van der Waals surface area contributed by atoms with Gasteiger partial charge in [-0.1, -0.05) is 12.8 Å². The molecule has 2 saturated heterocycles. The smallest absolute Gasteiger partial charge is 0.353 e. The van der Waals surface area contributed by atoms with Gasteiger partial charge in [0.25, 0.3) is 0 Å². The second-order valence-electron chi connectivity index (χ2n) is 5.93. The molecule has 2 aliphatic heterocycles. The van der Waals surface area contributed by atoms with Crippen LogP contribution in [0.1, 0.15) is 38.5 Å². The molecule has 0 atom stereocenters. The average molecular weight is 306 g/mol. The highest BCUT2D eigenvalue weighted by molar-refractivity contribution is 5.71. The molecule has 120 valence electrons. The van der Waals surface area contributed by atoms with Crippen molar-refractivity contribution in [2.75, 3.05) is 41.7 Å². The average Bonchev–Trinajstić information content (AvgIpc) is 2.88. The zero-order valence-corrected chi connectivity index (χ0v) is 12.7. The Morgan fingerprint density at radius 2 is 1.45 bits per heavy atom. The number of hydrogen-bond donors (Lipinski definition) is 1. The first kappa shape index (κ1) is 14.8. The first-order valence-corrected chi connectivity index (χ1v) is 7.98. The molecule has 1 aromatic rings. The molecule has 2 aliphatic rings. The number of anilines is 3. The number of nitrogen functional groups attached to an aromatic ring is 1. The van der Waals surface area contributed by atoms with Gasteiger partial charge in [0.2, 0.25) is 17.6 Å². The summed E-state index contributed by atoms with van der Waals surface area (Å²) < 4.78 is 0. The van der Waals surface area contributed by atoms with E-state index in [0.717, 1.165) is 51.9 Å². The van der Waals surface area contributed by atoms with E-state index in [-0.39, 0.29) is 11.5 Å². The summed E-state index contributed by atoms with van der Waals surface area (Å²) in [5.41, 5.74) is 5.74. The van der Waals surface area contributed by atoms with Gasteiger partial charge >= 0.3 is 5.69 Å². The van der Waals surface area contributed by atoms with Crippen LogP contribution in [-0.4, -0.2) is 41.1 Å². The highest BCUT2D eigenvalue weighted by atomic mass is 16.6. The Balaban J connectivity index is 1.99. The monoisotopic (exact) mass is 306 g/mol. The first-order chi connectivity index (χ1) is 10.7. The minimum Gasteiger partial charge on any atom is -0.378 e. The fourth-order valence-corrected chi connectivity index (χ4v) is 3.18. The summed E-state index contributed by atoms with van der Waals surface area (Å²) in [5, 5.41) is 11.3. The molecule has 8 nitrogen and oxygen atoms in total. The molecule has 2 N–H and O–H groups in total. The van der Waals surface area contributed by atoms with Crippen LogP contribution in [0, 0.1) is 10.1 Å². The Bertz CT molecular complexity index is 551. The minimum absolute atomic E-state index is 0.0267. The molecule has 0 bridgehead atoms. The van der Waals surface area contributed by atoms with Gasteiger partial charge < -0.3 is 15.5 Å². The molecular weight excluding hydrogens is 284 g/mol. The Morgan fingerprint density at radius 1 is 0.909 bits per heavy atom. The van der Waals surface area contributed by atoms with Crippen molar-refractivity contribution in [2.45, 2.75) is 38.5 Å². The number of aromatic nitrogens is 2. The van der Waals surface area contributed by atoms with E-state index in [9.17, 15) is 10.1 Å². The van der Waals surface area contributed by atoms with Gasteiger partial charge in [-0.05, 0) is 25.7 Å². The Morgan fingerprint density at radius 3 is 2.05 bits per heavy atom. The lowest BCUT2D eigenvalue weighted by molar-refractivity contribution is -0.383. The summed E-state index contributed by atoms with van der Waals surface area (Å²) in [6.45, 7) is 3.35. The van der Waals surface area contributed by atoms with Gasteiger partial charge in [0.15, 0.2) is 0 Å². The van der Waals surface area contributed by atoms with Gasteiger partial charge in [-0.3, -0.25) is 10.1 Å². The minimum atomic E-state index is -0.463. The van der Waals surface area contributed by atoms with Gasteiger partial charge in [0.05, 0.1) is 4.92 Å². The van der Waals surface area contributed by atoms with Crippen molar-refractivity contribution >= 4 is 23.3 Å². The summed E-state index contributed by atoms with van der Waals surface area (Å²) >= 11 is 0. The van der Waals surface area contributed by atoms with Gasteiger partial charge in [-0.2, -0.15) is 9.97 Å². The fourth-order valence-electron chi connectivity index (χ4n) is 3.18. The predicted molar refractivity (Wildman–Crippen MR) is 85.2 cm³/mol. The van der Waals surface area contributed by atoms with Gasteiger partial charge in [-0.15, -0.1) is 0 Å². The molecule has 0 spiro atoms. The molecule has 8 heteroatoms. The lowest BCUT2D eigenvalue weighted by Crippen LogP contribution is -2.28. The van der Waals surface area contributed by atoms with Crippen molar-refractivity contribution in [3.63, 3.8) is 0 Å². The zero-order chi connectivity index (χ0) is 15.5. The lowest BCUT2D eigenvalue weighted by Gasteiger charge is -2.23. The largest absolute Gasteiger partial charge is 0.378 e. The number of nitrogens with zero attached hydrogens (tertiary/aromatic N) is 5. The predicted octanol–water partition coefficient (Wildman–Crippen LogP) is 1.95. The van der Waals surface area contributed by atoms with Gasteiger partial charge in [0.1, 0.15) is 0 Å². The standard InChI is InChI=1S/C14H22N6O2/c15-12-11(20(21)22)13(18-7-5-6-8-18)17-14(16-12)19-9-3-1-2-4-10-19/h1-10H2,(H2,15,16,17). The first-order valence-electron chi connectivity index (χ1n) is 7.98. The summed E-state index contributed by atoms with van der Waals surface area (Å²) in [6, 6.07) is 0. The molecule has 2 fully saturated rings. The maximum absolute atomic E-state index is 11.3. The molecular formula is C14H22N6O2. The zero-order valence-electron chi connectivity index (χ0n) is 12.7. The van der Waals surface area contributed by atoms with E-state index in [1.165, 1.54) is 12.8 Å². The number of nitro groups is 1. The molecule has 3 rings (SSSR count). The SMILES string of the molecule is Nc1nc(N2CCCCCC2)nc(N2CCCC2)c1[N+](=O)[O-]. The summed E-state index contributed by atoms with van der Waals surface area (Å²) in [6.07, 6.45) is 6.66. The quantitative estimate of drug-likeness (QED) is 0.672. The van der Waals surface area contributed by atoms with Gasteiger partial charge in [0, 0.05) is 26.2 Å². The Hall–Kier alpha value is -2.12. The molecule has 0 aromatic carbocycles. The second-order valence-corrected chi connectivity index (χ2v) is 5.93. The second kappa shape index (κ2) is 6.33. The van der Waals surface area contributed by atoms with Crippen LogP contribution in [0.2, 0.25) is 0 Å². The van der Waals surface area contributed by atoms with Crippen LogP contribution >= 0.6 is 0 Å². The van der Waals surface area contributed by atoms with Crippen LogP contribution < -0.4 is 15.5 Å². The van der Waals surface area contributed by atoms with Crippen LogP contribution in [0.4, 0.5) is 23.3 Å². The van der Waals surface area contributed by atoms with E-state index in [1.54, 1.807) is 0 Å². The summed E-state index contributed by atoms with van der Waals surface area (Å²) in [5.74, 6) is 0.891. The van der Waals surface area contributed by atoms with E-state index >= 15 is 0 Å². The van der Waals surface area contributed by atoms with Crippen molar-refractivity contribution in [3.05, 3.63) is 10.1 Å². The third-order valence-corrected chi connectivity index (χ3v) is 4.36. The molecule has 0 amide bonds. The van der Waals surface area contributed by atoms with E-state index in [2.05, 4.69) is 14.9 Å². The molecule has 0 aliphatic carbocycles. The maximum atomic E-state index is 11.3. The van der Waals surface area contributed by atoms with Crippen molar-refractivity contribution in [3.8, 4) is 0 Å². The van der Waals surface area contributed by atoms with E-state index in [0.29, 0.717) is 11.8 Å². The van der Waals surface area contributed by atoms with Crippen molar-refractivity contribution in [1.82, 2.24) is 9.97 Å². The normalized spacial score (nSPS) is 19.3. The van der Waals surface area contributed by atoms with E-state index < -0.39 is 4.92 Å². The van der Waals surface area contributed by atoms with Gasteiger partial charge in [-0.25, -0.2) is 0 Å². The summed E-state index contributed by atoms with van der Waals surface area (Å²) in [7, 11) is 0. The van der Waals surface area contributed by atoms with Crippen LogP contribution in [0.15, 0.2) is 0 Å². The molecule has 22 heavy (non-hydrogen) atoms. The van der Waals surface area contributed by atoms with Crippen LogP contribution in [0.25, 0.3) is 0 Å². The molecule has 0 saturated carbocycles. The van der Waals surface area contributed by atoms with E-state index in [1.807, 2.05) is 4.90 Å². The maximum Gasteiger partial charge on any atom is 0.353 e. The molecule has 0 radical (unpaired) electrons. The fraction of sp³-hybridized carbons (Fsp3) is 0.714. The van der Waals surface area contributed by atoms with Crippen LogP contribution in [-0.2, 0) is 0 Å². The van der Waals surface area contributed by atoms with Crippen molar-refractivity contribution in [2.24, 2.45) is 0 Å². The Labute approximate surface area is 129 Å². The number of rotatable bonds is 3. The van der Waals surface area contributed by atoms with Crippen molar-refractivity contribution < 1.29 is 4.92 Å². The van der Waals surface area contributed by atoms with Crippen LogP contribution in [0.3, 0.4) is 0 Å². The van der Waals surface area contributed by atoms with Crippen LogP contribution in [0.5, 0.6) is 0 Å². The highest BCUT2D eigenvalue weighted by Crippen LogP contribution is 2.34. The third kappa shape index (κ3) is 2.90. The highest BCUT2D eigenvalue weighted by Gasteiger charge is 2.30. The number of hydrogen-bond acceptors (Lipinski definition) is 7. The van der Waals surface area contributed by atoms with Crippen molar-refractivity contribution in [1.29, 1.82) is 0 Å². The number of nitrogens with two attached hydrogens (primary N) is 1. The molecule has 3 heterocycles. The molecule has 0 unspecified atom stereocenters. The molecule has 1 aromatic heterocycles. The third-order valence-electron chi connectivity index (χ3n) is 4.36. The van der Waals surface area contributed by atoms with E-state index in [4.69, 9.17) is 5.73 Å². The summed E-state index contributed by atoms with van der Waals surface area (Å²) in [4.78, 5) is 23.7.